The molecule has 0 aliphatic carbocycles. The van der Waals surface area contributed by atoms with E-state index in [2.05, 4.69) is 21.2 Å². The monoisotopic (exact) mass is 790 g/mol. The number of anilines is 2. The lowest BCUT2D eigenvalue weighted by Crippen LogP contribution is -2.46. The molecule has 55 heavy (non-hydrogen) atoms. The molecule has 5 aromatic carbocycles. The number of amides is 1. The quantitative estimate of drug-likeness (QED) is 0.0759. The zero-order valence-corrected chi connectivity index (χ0v) is 31.7. The van der Waals surface area contributed by atoms with Gasteiger partial charge in [-0.2, -0.15) is 13.2 Å². The van der Waals surface area contributed by atoms with Crippen LogP contribution in [0.2, 0.25) is 0 Å². The number of aromatic hydroxyl groups is 1. The molecule has 1 saturated heterocycles. The first-order valence-corrected chi connectivity index (χ1v) is 20.2. The van der Waals surface area contributed by atoms with E-state index in [1.54, 1.807) is 30.3 Å². The highest BCUT2D eigenvalue weighted by molar-refractivity contribution is 7.99. The van der Waals surface area contributed by atoms with Gasteiger partial charge >= 0.3 is 6.18 Å². The fourth-order valence-electron chi connectivity index (χ4n) is 6.29. The molecule has 1 fully saturated rings. The number of sulfonamides is 1. The first kappa shape index (κ1) is 39.5. The molecule has 1 heterocycles. The van der Waals surface area contributed by atoms with Gasteiger partial charge in [-0.15, -0.1) is 11.8 Å². The van der Waals surface area contributed by atoms with Crippen molar-refractivity contribution in [1.82, 2.24) is 9.62 Å². The largest absolute Gasteiger partial charge is 0.508 e. The molecule has 0 aromatic heterocycles. The van der Waals surface area contributed by atoms with Gasteiger partial charge < -0.3 is 20.1 Å². The number of rotatable bonds is 14. The van der Waals surface area contributed by atoms with Crippen molar-refractivity contribution in [2.45, 2.75) is 29.4 Å². The van der Waals surface area contributed by atoms with Crippen molar-refractivity contribution in [1.29, 1.82) is 0 Å². The lowest BCUT2D eigenvalue weighted by Gasteiger charge is -2.36. The van der Waals surface area contributed by atoms with Crippen LogP contribution in [0.5, 0.6) is 11.5 Å². The number of hydrogen-bond acceptors (Lipinski definition) is 9. The van der Waals surface area contributed by atoms with Crippen LogP contribution in [-0.2, 0) is 22.7 Å². The summed E-state index contributed by atoms with van der Waals surface area (Å²) in [5.41, 5.74) is 2.43. The van der Waals surface area contributed by atoms with Crippen LogP contribution >= 0.6 is 11.8 Å². The van der Waals surface area contributed by atoms with E-state index in [-0.39, 0.29) is 23.5 Å². The molecule has 0 unspecified atom stereocenters. The maximum atomic E-state index is 14.0. The summed E-state index contributed by atoms with van der Waals surface area (Å²) in [6, 6.07) is 31.7. The number of piperazine rings is 1. The number of nitrogens with one attached hydrogen (secondary N) is 2. The molecule has 0 bridgehead atoms. The normalized spacial score (nSPS) is 13.7. The highest BCUT2D eigenvalue weighted by atomic mass is 32.2. The molecule has 0 spiro atoms. The third-order valence-electron chi connectivity index (χ3n) is 8.99. The van der Waals surface area contributed by atoms with E-state index >= 15 is 0 Å². The Kier molecular flexibility index (Phi) is 12.6. The van der Waals surface area contributed by atoms with Crippen LogP contribution in [0.3, 0.4) is 0 Å². The summed E-state index contributed by atoms with van der Waals surface area (Å²) < 4.78 is 76.0. The Morgan fingerprint density at radius 2 is 1.60 bits per heavy atom. The van der Waals surface area contributed by atoms with Crippen molar-refractivity contribution in [3.05, 3.63) is 132 Å². The summed E-state index contributed by atoms with van der Waals surface area (Å²) >= 11 is 1.47. The molecule has 5 aromatic rings. The number of thioether (sulfide) groups is 1. The van der Waals surface area contributed by atoms with Crippen molar-refractivity contribution in [3.8, 4) is 22.6 Å². The molecule has 288 valence electrons. The predicted molar refractivity (Wildman–Crippen MR) is 210 cm³/mol. The maximum absolute atomic E-state index is 14.0. The second-order valence-corrected chi connectivity index (χ2v) is 15.7. The van der Waals surface area contributed by atoms with Crippen LogP contribution in [0.1, 0.15) is 28.4 Å². The van der Waals surface area contributed by atoms with E-state index in [1.165, 1.54) is 23.9 Å². The third-order valence-corrected chi connectivity index (χ3v) is 11.3. The van der Waals surface area contributed by atoms with E-state index in [4.69, 9.17) is 4.74 Å². The average Bonchev–Trinajstić information content (AvgIpc) is 3.17. The van der Waals surface area contributed by atoms with E-state index in [9.17, 15) is 31.5 Å². The lowest BCUT2D eigenvalue weighted by molar-refractivity contribution is -0.137. The number of halogens is 3. The summed E-state index contributed by atoms with van der Waals surface area (Å²) in [6.07, 6.45) is -4.84. The summed E-state index contributed by atoms with van der Waals surface area (Å²) in [6.45, 7) is 6.33. The number of carbonyl (C=O) groups is 1. The first-order valence-electron chi connectivity index (χ1n) is 17.7. The van der Waals surface area contributed by atoms with Crippen LogP contribution in [0.4, 0.5) is 24.5 Å². The molecule has 0 radical (unpaired) electrons. The number of hydrogen-bond donors (Lipinski definition) is 3. The van der Waals surface area contributed by atoms with Crippen LogP contribution in [0.25, 0.3) is 11.1 Å². The number of ether oxygens (including phenoxy) is 1. The van der Waals surface area contributed by atoms with Crippen molar-refractivity contribution >= 4 is 39.1 Å². The second-order valence-electron chi connectivity index (χ2n) is 12.9. The van der Waals surface area contributed by atoms with Gasteiger partial charge in [0.1, 0.15) is 11.5 Å². The Labute approximate surface area is 323 Å². The molecule has 1 aliphatic heterocycles. The van der Waals surface area contributed by atoms with Gasteiger partial charge in [0.05, 0.1) is 17.1 Å². The number of phenols is 1. The first-order chi connectivity index (χ1) is 26.4. The lowest BCUT2D eigenvalue weighted by atomic mass is 10.0. The van der Waals surface area contributed by atoms with Crippen LogP contribution in [-0.4, -0.2) is 69.4 Å². The van der Waals surface area contributed by atoms with Crippen LogP contribution in [0.15, 0.2) is 125 Å². The zero-order valence-electron chi connectivity index (χ0n) is 30.1. The standard InChI is InChI=1S/C41H41F3N4O5S2/c1-2-53-35-24-29(23-32(26-35)31-7-6-8-34(49)25-31)28-47-18-20-48(21-19-47)33-13-11-30(12-14-33)40(50)46-55(51,52)37-15-16-39(38(27-37)41(42,43)44)45-17-22-54-36-9-4-3-5-10-36/h3-16,23-27,45,49H,2,17-22,28H2,1H3,(H,46,50). The molecular formula is C41H41F3N4O5S2. The van der Waals surface area contributed by atoms with Crippen molar-refractivity contribution < 1.29 is 36.2 Å². The highest BCUT2D eigenvalue weighted by Crippen LogP contribution is 2.37. The second kappa shape index (κ2) is 17.5. The minimum Gasteiger partial charge on any atom is -0.508 e. The summed E-state index contributed by atoms with van der Waals surface area (Å²) in [5.74, 6) is 0.485. The van der Waals surface area contributed by atoms with E-state index < -0.39 is 32.6 Å². The SMILES string of the molecule is CCOc1cc(CN2CCN(c3ccc(C(=O)NS(=O)(=O)c4ccc(NCCSc5ccccc5)c(C(F)(F)F)c4)cc3)CC2)cc(-c2cccc(O)c2)c1. The average molecular weight is 791 g/mol. The van der Waals surface area contributed by atoms with E-state index in [1.807, 2.05) is 60.2 Å². The summed E-state index contributed by atoms with van der Waals surface area (Å²) in [7, 11) is -4.62. The van der Waals surface area contributed by atoms with Crippen molar-refractivity contribution in [2.75, 3.05) is 55.3 Å². The van der Waals surface area contributed by atoms with Gasteiger partial charge in [-0.05, 0) is 109 Å². The minimum atomic E-state index is -4.84. The number of alkyl halides is 3. The molecule has 1 amide bonds. The van der Waals surface area contributed by atoms with Crippen LogP contribution < -0.4 is 19.7 Å². The van der Waals surface area contributed by atoms with E-state index in [0.29, 0.717) is 38.1 Å². The number of benzene rings is 5. The Bertz CT molecular complexity index is 2200. The third kappa shape index (κ3) is 10.5. The highest BCUT2D eigenvalue weighted by Gasteiger charge is 2.35. The number of phenolic OH excluding ortho intramolecular Hbond substituents is 1. The van der Waals surface area contributed by atoms with Crippen molar-refractivity contribution in [3.63, 3.8) is 0 Å². The summed E-state index contributed by atoms with van der Waals surface area (Å²) in [4.78, 5) is 17.8. The van der Waals surface area contributed by atoms with Gasteiger partial charge in [0.2, 0.25) is 0 Å². The Hall–Kier alpha value is -5.18. The van der Waals surface area contributed by atoms with Gasteiger partial charge in [-0.3, -0.25) is 9.69 Å². The molecule has 1 aliphatic rings. The predicted octanol–water partition coefficient (Wildman–Crippen LogP) is 8.12. The molecular weight excluding hydrogens is 750 g/mol. The smallest absolute Gasteiger partial charge is 0.418 e. The molecule has 6 rings (SSSR count). The Balaban J connectivity index is 1.04. The molecule has 3 N–H and O–H groups in total. The Morgan fingerprint density at radius 1 is 0.855 bits per heavy atom. The number of nitrogens with zero attached hydrogens (tertiary/aromatic N) is 2. The topological polar surface area (TPSA) is 111 Å². The molecule has 0 atom stereocenters. The number of carbonyl (C=O) groups excluding carboxylic acids is 1. The molecule has 14 heteroatoms. The fourth-order valence-corrected chi connectivity index (χ4v) is 8.08. The minimum absolute atomic E-state index is 0.0490. The molecule has 0 saturated carbocycles. The summed E-state index contributed by atoms with van der Waals surface area (Å²) in [5, 5.41) is 12.7. The van der Waals surface area contributed by atoms with Gasteiger partial charge in [0.25, 0.3) is 15.9 Å². The van der Waals surface area contributed by atoms with Gasteiger partial charge in [-0.25, -0.2) is 13.1 Å². The molecule has 9 nitrogen and oxygen atoms in total. The maximum Gasteiger partial charge on any atom is 0.418 e. The van der Waals surface area contributed by atoms with Crippen molar-refractivity contribution in [2.24, 2.45) is 0 Å². The fraction of sp³-hybridized carbons (Fsp3) is 0.244. The zero-order chi connectivity index (χ0) is 39.0. The Morgan fingerprint density at radius 3 is 2.29 bits per heavy atom. The van der Waals surface area contributed by atoms with Gasteiger partial charge in [-0.1, -0.05) is 30.3 Å². The van der Waals surface area contributed by atoms with E-state index in [0.717, 1.165) is 58.2 Å². The van der Waals surface area contributed by atoms with Gasteiger partial charge in [0.15, 0.2) is 0 Å². The van der Waals surface area contributed by atoms with Crippen LogP contribution in [0, 0.1) is 0 Å². The van der Waals surface area contributed by atoms with Gasteiger partial charge in [0, 0.05) is 66.9 Å².